The Morgan fingerprint density at radius 2 is 1.83 bits per heavy atom. The van der Waals surface area contributed by atoms with E-state index in [1.165, 1.54) is 16.6 Å². The van der Waals surface area contributed by atoms with Crippen LogP contribution in [0.15, 0.2) is 60.8 Å². The molecule has 0 atom stereocenters. The fourth-order valence-corrected chi connectivity index (χ4v) is 3.07. The Hall–Kier alpha value is -2.81. The molecule has 3 nitrogen and oxygen atoms in total. The van der Waals surface area contributed by atoms with Crippen LogP contribution in [0.3, 0.4) is 0 Å². The van der Waals surface area contributed by atoms with Crippen molar-refractivity contribution in [2.24, 2.45) is 0 Å². The third-order valence-electron chi connectivity index (χ3n) is 4.29. The summed E-state index contributed by atoms with van der Waals surface area (Å²) in [7, 11) is 1.69. The van der Waals surface area contributed by atoms with Gasteiger partial charge in [0.05, 0.1) is 23.7 Å². The van der Waals surface area contributed by atoms with Gasteiger partial charge in [-0.25, -0.2) is 0 Å². The highest BCUT2D eigenvalue weighted by Gasteiger charge is 2.12. The molecule has 0 saturated heterocycles. The predicted octanol–water partition coefficient (Wildman–Crippen LogP) is 4.55. The van der Waals surface area contributed by atoms with Crippen LogP contribution in [0.4, 0.5) is 0 Å². The quantitative estimate of drug-likeness (QED) is 0.555. The SMILES string of the molecule is COc1ccc2c(c1)c1ncccc1n2Cc1ccc(C)cc1. The average Bonchev–Trinajstić information content (AvgIpc) is 2.90. The van der Waals surface area contributed by atoms with Gasteiger partial charge in [-0.05, 0) is 42.8 Å². The van der Waals surface area contributed by atoms with E-state index in [0.717, 1.165) is 28.7 Å². The van der Waals surface area contributed by atoms with Crippen LogP contribution in [-0.4, -0.2) is 16.7 Å². The molecule has 0 amide bonds. The van der Waals surface area contributed by atoms with Crippen molar-refractivity contribution in [1.29, 1.82) is 0 Å². The summed E-state index contributed by atoms with van der Waals surface area (Å²) in [5.41, 5.74) is 5.92. The minimum Gasteiger partial charge on any atom is -0.497 e. The van der Waals surface area contributed by atoms with Gasteiger partial charge in [0.2, 0.25) is 0 Å². The Bertz CT molecular complexity index is 984. The maximum absolute atomic E-state index is 5.37. The molecule has 0 spiro atoms. The molecule has 0 fully saturated rings. The number of hydrogen-bond donors (Lipinski definition) is 0. The van der Waals surface area contributed by atoms with Crippen LogP contribution in [0.1, 0.15) is 11.1 Å². The lowest BCUT2D eigenvalue weighted by atomic mass is 10.1. The number of methoxy groups -OCH3 is 1. The molecule has 0 unspecified atom stereocenters. The first kappa shape index (κ1) is 13.8. The Morgan fingerprint density at radius 1 is 1.00 bits per heavy atom. The molecule has 0 aliphatic heterocycles. The zero-order chi connectivity index (χ0) is 15.8. The number of aromatic nitrogens is 2. The number of pyridine rings is 1. The van der Waals surface area contributed by atoms with E-state index in [2.05, 4.69) is 58.9 Å². The van der Waals surface area contributed by atoms with Crippen molar-refractivity contribution in [2.45, 2.75) is 13.5 Å². The van der Waals surface area contributed by atoms with Crippen molar-refractivity contribution >= 4 is 21.9 Å². The average molecular weight is 302 g/mol. The van der Waals surface area contributed by atoms with Crippen molar-refractivity contribution in [3.8, 4) is 5.75 Å². The minimum absolute atomic E-state index is 0.832. The first-order valence-corrected chi connectivity index (χ1v) is 7.73. The van der Waals surface area contributed by atoms with E-state index in [-0.39, 0.29) is 0 Å². The fourth-order valence-electron chi connectivity index (χ4n) is 3.07. The van der Waals surface area contributed by atoms with Crippen molar-refractivity contribution in [2.75, 3.05) is 7.11 Å². The molecule has 2 aromatic carbocycles. The highest BCUT2D eigenvalue weighted by molar-refractivity contribution is 6.06. The normalized spacial score (nSPS) is 11.2. The molecule has 0 radical (unpaired) electrons. The van der Waals surface area contributed by atoms with E-state index < -0.39 is 0 Å². The molecule has 114 valence electrons. The number of benzene rings is 2. The second kappa shape index (κ2) is 5.43. The first-order chi connectivity index (χ1) is 11.3. The van der Waals surface area contributed by atoms with Crippen LogP contribution in [0.25, 0.3) is 21.9 Å². The highest BCUT2D eigenvalue weighted by atomic mass is 16.5. The van der Waals surface area contributed by atoms with Gasteiger partial charge in [-0.2, -0.15) is 0 Å². The highest BCUT2D eigenvalue weighted by Crippen LogP contribution is 2.31. The van der Waals surface area contributed by atoms with Gasteiger partial charge in [0.15, 0.2) is 0 Å². The molecule has 4 rings (SSSR count). The second-order valence-corrected chi connectivity index (χ2v) is 5.83. The molecular formula is C20H18N2O. The summed E-state index contributed by atoms with van der Waals surface area (Å²) in [6, 6.07) is 19.0. The number of hydrogen-bond acceptors (Lipinski definition) is 2. The summed E-state index contributed by atoms with van der Waals surface area (Å²) in [6.07, 6.45) is 1.84. The number of nitrogens with zero attached hydrogens (tertiary/aromatic N) is 2. The minimum atomic E-state index is 0.832. The summed E-state index contributed by atoms with van der Waals surface area (Å²) in [5, 5.41) is 1.13. The van der Waals surface area contributed by atoms with Crippen molar-refractivity contribution < 1.29 is 4.74 Å². The number of ether oxygens (including phenoxy) is 1. The largest absolute Gasteiger partial charge is 0.497 e. The molecule has 0 aliphatic carbocycles. The number of aryl methyl sites for hydroxylation is 1. The topological polar surface area (TPSA) is 27.1 Å². The Kier molecular flexibility index (Phi) is 3.27. The van der Waals surface area contributed by atoms with Gasteiger partial charge in [-0.15, -0.1) is 0 Å². The summed E-state index contributed by atoms with van der Waals surface area (Å²) >= 11 is 0. The summed E-state index contributed by atoms with van der Waals surface area (Å²) in [6.45, 7) is 2.94. The summed E-state index contributed by atoms with van der Waals surface area (Å²) in [5.74, 6) is 0.859. The fraction of sp³-hybridized carbons (Fsp3) is 0.150. The Morgan fingerprint density at radius 3 is 2.61 bits per heavy atom. The van der Waals surface area contributed by atoms with E-state index in [4.69, 9.17) is 4.74 Å². The van der Waals surface area contributed by atoms with Crippen LogP contribution >= 0.6 is 0 Å². The van der Waals surface area contributed by atoms with E-state index in [0.29, 0.717) is 0 Å². The van der Waals surface area contributed by atoms with Gasteiger partial charge in [-0.1, -0.05) is 29.8 Å². The molecule has 0 saturated carbocycles. The van der Waals surface area contributed by atoms with Crippen LogP contribution in [0.5, 0.6) is 5.75 Å². The molecule has 3 heteroatoms. The lowest BCUT2D eigenvalue weighted by Gasteiger charge is -2.08. The smallest absolute Gasteiger partial charge is 0.119 e. The zero-order valence-electron chi connectivity index (χ0n) is 13.3. The summed E-state index contributed by atoms with van der Waals surface area (Å²) < 4.78 is 7.70. The van der Waals surface area contributed by atoms with Crippen molar-refractivity contribution in [3.63, 3.8) is 0 Å². The standard InChI is InChI=1S/C20H18N2O/c1-14-5-7-15(8-6-14)13-22-18-10-9-16(23-2)12-17(18)20-19(22)4-3-11-21-20/h3-12H,13H2,1-2H3. The second-order valence-electron chi connectivity index (χ2n) is 5.83. The van der Waals surface area contributed by atoms with Gasteiger partial charge >= 0.3 is 0 Å². The molecule has 2 aromatic heterocycles. The van der Waals surface area contributed by atoms with Gasteiger partial charge < -0.3 is 9.30 Å². The monoisotopic (exact) mass is 302 g/mol. The van der Waals surface area contributed by atoms with Crippen LogP contribution in [-0.2, 0) is 6.54 Å². The molecule has 0 N–H and O–H groups in total. The van der Waals surface area contributed by atoms with Crippen LogP contribution < -0.4 is 4.74 Å². The van der Waals surface area contributed by atoms with Crippen LogP contribution in [0.2, 0.25) is 0 Å². The molecule has 0 bridgehead atoms. The third-order valence-corrected chi connectivity index (χ3v) is 4.29. The summed E-state index contributed by atoms with van der Waals surface area (Å²) in [4.78, 5) is 4.58. The van der Waals surface area contributed by atoms with E-state index in [1.54, 1.807) is 7.11 Å². The number of fused-ring (bicyclic) bond motifs is 3. The van der Waals surface area contributed by atoms with Gasteiger partial charge in [0.1, 0.15) is 5.75 Å². The van der Waals surface area contributed by atoms with Crippen LogP contribution in [0, 0.1) is 6.92 Å². The van der Waals surface area contributed by atoms with E-state index in [9.17, 15) is 0 Å². The zero-order valence-corrected chi connectivity index (χ0v) is 13.3. The van der Waals surface area contributed by atoms with Gasteiger partial charge in [-0.3, -0.25) is 4.98 Å². The molecular weight excluding hydrogens is 284 g/mol. The Balaban J connectivity index is 1.94. The number of rotatable bonds is 3. The molecule has 23 heavy (non-hydrogen) atoms. The lowest BCUT2D eigenvalue weighted by Crippen LogP contribution is -1.99. The molecule has 2 heterocycles. The van der Waals surface area contributed by atoms with E-state index in [1.807, 2.05) is 18.3 Å². The lowest BCUT2D eigenvalue weighted by molar-refractivity contribution is 0.415. The van der Waals surface area contributed by atoms with Crippen molar-refractivity contribution in [1.82, 2.24) is 9.55 Å². The predicted molar refractivity (Wildman–Crippen MR) is 94.1 cm³/mol. The van der Waals surface area contributed by atoms with E-state index >= 15 is 0 Å². The third kappa shape index (κ3) is 2.34. The molecule has 0 aliphatic rings. The van der Waals surface area contributed by atoms with Gasteiger partial charge in [0, 0.05) is 18.1 Å². The van der Waals surface area contributed by atoms with Gasteiger partial charge in [0.25, 0.3) is 0 Å². The van der Waals surface area contributed by atoms with Crippen molar-refractivity contribution in [3.05, 3.63) is 71.9 Å². The maximum atomic E-state index is 5.37. The first-order valence-electron chi connectivity index (χ1n) is 7.73. The maximum Gasteiger partial charge on any atom is 0.119 e. The Labute approximate surface area is 135 Å². The molecule has 4 aromatic rings.